The molecule has 1 N–H and O–H groups in total. The lowest BCUT2D eigenvalue weighted by Crippen LogP contribution is -2.15. The second-order valence-corrected chi connectivity index (χ2v) is 3.91. The first-order valence-corrected chi connectivity index (χ1v) is 5.87. The van der Waals surface area contributed by atoms with Crippen LogP contribution in [0, 0.1) is 5.82 Å². The second kappa shape index (κ2) is 7.61. The summed E-state index contributed by atoms with van der Waals surface area (Å²) in [4.78, 5) is 11.2. The Morgan fingerprint density at radius 3 is 2.94 bits per heavy atom. The number of methoxy groups -OCH3 is 1. The van der Waals surface area contributed by atoms with Gasteiger partial charge in [0.15, 0.2) is 0 Å². The zero-order valence-electron chi connectivity index (χ0n) is 10.5. The number of hydrogen-bond donors (Lipinski definition) is 1. The Morgan fingerprint density at radius 2 is 2.33 bits per heavy atom. The highest BCUT2D eigenvalue weighted by Crippen LogP contribution is 2.11. The number of esters is 1. The molecular weight excluding hydrogens is 233 g/mol. The van der Waals surface area contributed by atoms with Crippen molar-refractivity contribution in [1.82, 2.24) is 5.32 Å². The maximum Gasteiger partial charge on any atom is 0.340 e. The van der Waals surface area contributed by atoms with Gasteiger partial charge in [0.1, 0.15) is 5.82 Å². The fraction of sp³-hybridized carbons (Fsp3) is 0.357. The Labute approximate surface area is 107 Å². The van der Waals surface area contributed by atoms with E-state index in [4.69, 9.17) is 0 Å². The molecule has 0 unspecified atom stereocenters. The van der Waals surface area contributed by atoms with Gasteiger partial charge in [0.2, 0.25) is 0 Å². The van der Waals surface area contributed by atoms with Crippen LogP contribution in [0.25, 0.3) is 0 Å². The summed E-state index contributed by atoms with van der Waals surface area (Å²) in [7, 11) is 1.23. The van der Waals surface area contributed by atoms with Gasteiger partial charge in [-0.25, -0.2) is 9.18 Å². The monoisotopic (exact) mass is 251 g/mol. The van der Waals surface area contributed by atoms with E-state index in [-0.39, 0.29) is 5.56 Å². The zero-order valence-corrected chi connectivity index (χ0v) is 10.5. The minimum absolute atomic E-state index is 0.0343. The fourth-order valence-corrected chi connectivity index (χ4v) is 1.55. The van der Waals surface area contributed by atoms with Crippen LogP contribution in [0.3, 0.4) is 0 Å². The van der Waals surface area contributed by atoms with Crippen molar-refractivity contribution in [3.8, 4) is 0 Å². The van der Waals surface area contributed by atoms with E-state index >= 15 is 0 Å². The Balaban J connectivity index is 2.51. The van der Waals surface area contributed by atoms with Gasteiger partial charge >= 0.3 is 5.97 Å². The number of carbonyl (C=O) groups excluding carboxylic acids is 1. The molecule has 4 heteroatoms. The smallest absolute Gasteiger partial charge is 0.340 e. The van der Waals surface area contributed by atoms with Gasteiger partial charge in [-0.3, -0.25) is 0 Å². The quantitative estimate of drug-likeness (QED) is 0.460. The number of allylic oxidation sites excluding steroid dienone is 1. The molecule has 0 aromatic heterocycles. The van der Waals surface area contributed by atoms with Gasteiger partial charge < -0.3 is 10.1 Å². The van der Waals surface area contributed by atoms with E-state index in [1.54, 1.807) is 6.07 Å². The van der Waals surface area contributed by atoms with Gasteiger partial charge in [0, 0.05) is 6.54 Å². The number of ether oxygens (including phenoxy) is 1. The van der Waals surface area contributed by atoms with Crippen molar-refractivity contribution < 1.29 is 13.9 Å². The molecule has 1 aromatic rings. The van der Waals surface area contributed by atoms with Crippen LogP contribution < -0.4 is 5.32 Å². The van der Waals surface area contributed by atoms with Crippen LogP contribution >= 0.6 is 0 Å². The van der Waals surface area contributed by atoms with Crippen LogP contribution in [0.15, 0.2) is 30.9 Å². The molecule has 1 aromatic carbocycles. The first kappa shape index (κ1) is 14.4. The van der Waals surface area contributed by atoms with Crippen molar-refractivity contribution in [2.24, 2.45) is 0 Å². The topological polar surface area (TPSA) is 38.3 Å². The van der Waals surface area contributed by atoms with Crippen LogP contribution in [0.1, 0.15) is 28.8 Å². The second-order valence-electron chi connectivity index (χ2n) is 3.91. The van der Waals surface area contributed by atoms with Crippen LogP contribution in [-0.4, -0.2) is 19.6 Å². The lowest BCUT2D eigenvalue weighted by molar-refractivity contribution is 0.0595. The van der Waals surface area contributed by atoms with Crippen LogP contribution in [0.4, 0.5) is 4.39 Å². The maximum atomic E-state index is 13.6. The van der Waals surface area contributed by atoms with Crippen molar-refractivity contribution in [2.45, 2.75) is 19.4 Å². The normalized spacial score (nSPS) is 10.1. The van der Waals surface area contributed by atoms with Crippen LogP contribution in [0.2, 0.25) is 0 Å². The summed E-state index contributed by atoms with van der Waals surface area (Å²) in [5.41, 5.74) is 0.770. The first-order chi connectivity index (χ1) is 8.69. The van der Waals surface area contributed by atoms with E-state index in [1.165, 1.54) is 19.2 Å². The molecule has 0 aliphatic carbocycles. The van der Waals surface area contributed by atoms with E-state index < -0.39 is 11.8 Å². The van der Waals surface area contributed by atoms with E-state index in [9.17, 15) is 9.18 Å². The molecule has 1 rings (SSSR count). The molecule has 0 atom stereocenters. The average molecular weight is 251 g/mol. The van der Waals surface area contributed by atoms with E-state index in [1.807, 2.05) is 6.08 Å². The summed E-state index contributed by atoms with van der Waals surface area (Å²) in [5.74, 6) is -1.20. The van der Waals surface area contributed by atoms with Gasteiger partial charge in [-0.15, -0.1) is 6.58 Å². The summed E-state index contributed by atoms with van der Waals surface area (Å²) < 4.78 is 18.1. The van der Waals surface area contributed by atoms with Crippen molar-refractivity contribution in [1.29, 1.82) is 0 Å². The highest BCUT2D eigenvalue weighted by Gasteiger charge is 2.11. The number of halogens is 1. The Kier molecular flexibility index (Phi) is 6.08. The number of unbranched alkanes of at least 4 members (excludes halogenated alkanes) is 1. The van der Waals surface area contributed by atoms with Crippen LogP contribution in [0.5, 0.6) is 0 Å². The molecule has 98 valence electrons. The number of carbonyl (C=O) groups is 1. The predicted octanol–water partition coefficient (Wildman–Crippen LogP) is 2.67. The molecule has 0 spiro atoms. The molecule has 18 heavy (non-hydrogen) atoms. The van der Waals surface area contributed by atoms with Gasteiger partial charge in [-0.05, 0) is 37.1 Å². The molecule has 0 radical (unpaired) electrons. The third kappa shape index (κ3) is 4.30. The highest BCUT2D eigenvalue weighted by atomic mass is 19.1. The van der Waals surface area contributed by atoms with Crippen LogP contribution in [-0.2, 0) is 11.3 Å². The first-order valence-electron chi connectivity index (χ1n) is 5.87. The summed E-state index contributed by atoms with van der Waals surface area (Å²) in [6, 6.07) is 4.52. The summed E-state index contributed by atoms with van der Waals surface area (Å²) >= 11 is 0. The van der Waals surface area contributed by atoms with Crippen molar-refractivity contribution >= 4 is 5.97 Å². The number of nitrogens with one attached hydrogen (secondary N) is 1. The van der Waals surface area contributed by atoms with Gasteiger partial charge in [-0.1, -0.05) is 12.1 Å². The molecular formula is C14H18FNO2. The van der Waals surface area contributed by atoms with Gasteiger partial charge in [-0.2, -0.15) is 0 Å². The van der Waals surface area contributed by atoms with Gasteiger partial charge in [0.25, 0.3) is 0 Å². The predicted molar refractivity (Wildman–Crippen MR) is 68.9 cm³/mol. The van der Waals surface area contributed by atoms with Crippen molar-refractivity contribution in [3.63, 3.8) is 0 Å². The molecule has 0 aliphatic rings. The molecule has 0 fully saturated rings. The average Bonchev–Trinajstić information content (AvgIpc) is 2.38. The standard InChI is InChI=1S/C14H18FNO2/c1-3-4-5-8-16-10-11-6-7-12(13(15)9-11)14(17)18-2/h3,6-7,9,16H,1,4-5,8,10H2,2H3. The molecule has 0 saturated carbocycles. The number of benzene rings is 1. The Morgan fingerprint density at radius 1 is 1.56 bits per heavy atom. The summed E-state index contributed by atoms with van der Waals surface area (Å²) in [6.07, 6.45) is 3.83. The molecule has 0 heterocycles. The SMILES string of the molecule is C=CCCCNCc1ccc(C(=O)OC)c(F)c1. The zero-order chi connectivity index (χ0) is 13.4. The minimum Gasteiger partial charge on any atom is -0.465 e. The van der Waals surface area contributed by atoms with Gasteiger partial charge in [0.05, 0.1) is 12.7 Å². The highest BCUT2D eigenvalue weighted by molar-refractivity contribution is 5.89. The molecule has 0 bridgehead atoms. The summed E-state index contributed by atoms with van der Waals surface area (Å²) in [6.45, 7) is 5.07. The lowest BCUT2D eigenvalue weighted by Gasteiger charge is -2.06. The minimum atomic E-state index is -0.655. The molecule has 0 aliphatic heterocycles. The van der Waals surface area contributed by atoms with Crippen molar-refractivity contribution in [3.05, 3.63) is 47.8 Å². The molecule has 0 amide bonds. The number of rotatable bonds is 7. The van der Waals surface area contributed by atoms with E-state index in [2.05, 4.69) is 16.6 Å². The summed E-state index contributed by atoms with van der Waals surface area (Å²) in [5, 5.41) is 3.20. The Bertz CT molecular complexity index is 418. The third-order valence-corrected chi connectivity index (χ3v) is 2.53. The lowest BCUT2D eigenvalue weighted by atomic mass is 10.1. The third-order valence-electron chi connectivity index (χ3n) is 2.53. The molecule has 0 saturated heterocycles. The Hall–Kier alpha value is -1.68. The number of hydrogen-bond acceptors (Lipinski definition) is 3. The molecule has 3 nitrogen and oxygen atoms in total. The largest absolute Gasteiger partial charge is 0.465 e. The van der Waals surface area contributed by atoms with E-state index in [0.717, 1.165) is 24.9 Å². The maximum absolute atomic E-state index is 13.6. The fourth-order valence-electron chi connectivity index (χ4n) is 1.55. The van der Waals surface area contributed by atoms with Crippen molar-refractivity contribution in [2.75, 3.05) is 13.7 Å². The van der Waals surface area contributed by atoms with E-state index in [0.29, 0.717) is 6.54 Å².